The van der Waals surface area contributed by atoms with E-state index in [9.17, 15) is 18.0 Å². The van der Waals surface area contributed by atoms with Crippen LogP contribution in [0.2, 0.25) is 0 Å². The molecule has 4 nitrogen and oxygen atoms in total. The fourth-order valence-electron chi connectivity index (χ4n) is 2.76. The molecule has 1 unspecified atom stereocenters. The molecule has 3 aromatic rings. The van der Waals surface area contributed by atoms with Crippen LogP contribution in [0.1, 0.15) is 17.4 Å². The Morgan fingerprint density at radius 3 is 2.32 bits per heavy atom. The highest BCUT2D eigenvalue weighted by molar-refractivity contribution is 7.98. The van der Waals surface area contributed by atoms with Crippen molar-refractivity contribution >= 4 is 29.2 Å². The molecule has 0 saturated carbocycles. The van der Waals surface area contributed by atoms with E-state index in [2.05, 4.69) is 0 Å². The van der Waals surface area contributed by atoms with E-state index in [1.54, 1.807) is 30.3 Å². The minimum Gasteiger partial charge on any atom is -0.435 e. The SMILES string of the molecule is CSc1ccc(-c2cc(C(OC(=S)Oc3ccccc3)C(F)(F)F)oc(=O)c2C)cc1. The zero-order chi connectivity index (χ0) is 22.6. The molecule has 1 aromatic heterocycles. The zero-order valence-corrected chi connectivity index (χ0v) is 18.1. The maximum absolute atomic E-state index is 13.8. The molecule has 0 radical (unpaired) electrons. The van der Waals surface area contributed by atoms with E-state index >= 15 is 0 Å². The second-order valence-electron chi connectivity index (χ2n) is 6.41. The molecule has 0 fully saturated rings. The summed E-state index contributed by atoms with van der Waals surface area (Å²) in [6, 6.07) is 16.2. The van der Waals surface area contributed by atoms with Crippen LogP contribution in [0.4, 0.5) is 13.2 Å². The summed E-state index contributed by atoms with van der Waals surface area (Å²) in [6.45, 7) is 1.49. The molecule has 31 heavy (non-hydrogen) atoms. The van der Waals surface area contributed by atoms with Crippen molar-refractivity contribution in [3.63, 3.8) is 0 Å². The van der Waals surface area contributed by atoms with E-state index in [4.69, 9.17) is 26.1 Å². The summed E-state index contributed by atoms with van der Waals surface area (Å²) in [5, 5.41) is -0.748. The number of halogens is 3. The predicted octanol–water partition coefficient (Wildman–Crippen LogP) is 6.32. The van der Waals surface area contributed by atoms with Gasteiger partial charge < -0.3 is 13.9 Å². The van der Waals surface area contributed by atoms with Crippen molar-refractivity contribution < 1.29 is 27.1 Å². The van der Waals surface area contributed by atoms with Crippen LogP contribution in [-0.2, 0) is 4.74 Å². The van der Waals surface area contributed by atoms with E-state index in [0.29, 0.717) is 11.1 Å². The number of hydrogen-bond acceptors (Lipinski definition) is 6. The molecule has 0 bridgehead atoms. The van der Waals surface area contributed by atoms with Crippen molar-refractivity contribution in [1.29, 1.82) is 0 Å². The van der Waals surface area contributed by atoms with Gasteiger partial charge in [0.1, 0.15) is 5.75 Å². The highest BCUT2D eigenvalue weighted by atomic mass is 32.2. The predicted molar refractivity (Wildman–Crippen MR) is 116 cm³/mol. The first-order chi connectivity index (χ1) is 14.7. The summed E-state index contributed by atoms with van der Waals surface area (Å²) in [7, 11) is 0. The highest BCUT2D eigenvalue weighted by Crippen LogP contribution is 2.38. The summed E-state index contributed by atoms with van der Waals surface area (Å²) in [5.41, 5.74) is 0.180. The van der Waals surface area contributed by atoms with Crippen molar-refractivity contribution in [2.75, 3.05) is 6.26 Å². The molecule has 1 heterocycles. The smallest absolute Gasteiger partial charge is 0.433 e. The monoisotopic (exact) mass is 466 g/mol. The molecule has 0 aliphatic heterocycles. The van der Waals surface area contributed by atoms with Gasteiger partial charge in [0.25, 0.3) is 6.10 Å². The maximum atomic E-state index is 13.8. The van der Waals surface area contributed by atoms with Crippen molar-refractivity contribution in [1.82, 2.24) is 0 Å². The van der Waals surface area contributed by atoms with Crippen LogP contribution in [-0.4, -0.2) is 17.7 Å². The third kappa shape index (κ3) is 5.68. The van der Waals surface area contributed by atoms with Crippen molar-refractivity contribution in [3.05, 3.63) is 82.4 Å². The molecule has 0 N–H and O–H groups in total. The topological polar surface area (TPSA) is 48.7 Å². The lowest BCUT2D eigenvalue weighted by Crippen LogP contribution is -2.28. The van der Waals surface area contributed by atoms with Crippen LogP contribution in [0.25, 0.3) is 11.1 Å². The average molecular weight is 467 g/mol. The molecule has 1 atom stereocenters. The Morgan fingerprint density at radius 1 is 1.10 bits per heavy atom. The number of rotatable bonds is 5. The highest BCUT2D eigenvalue weighted by Gasteiger charge is 2.46. The van der Waals surface area contributed by atoms with Gasteiger partial charge in [-0.2, -0.15) is 13.2 Å². The van der Waals surface area contributed by atoms with Gasteiger partial charge >= 0.3 is 17.0 Å². The van der Waals surface area contributed by atoms with Crippen molar-refractivity contribution in [2.45, 2.75) is 24.1 Å². The van der Waals surface area contributed by atoms with Crippen molar-refractivity contribution in [2.24, 2.45) is 0 Å². The molecular weight excluding hydrogens is 449 g/mol. The van der Waals surface area contributed by atoms with Gasteiger partial charge in [-0.25, -0.2) is 4.79 Å². The van der Waals surface area contributed by atoms with Gasteiger partial charge in [0, 0.05) is 22.7 Å². The van der Waals surface area contributed by atoms with Gasteiger partial charge in [-0.3, -0.25) is 0 Å². The third-order valence-electron chi connectivity index (χ3n) is 4.32. The number of thiocarbonyl (C=S) groups is 1. The minimum absolute atomic E-state index is 0.185. The molecule has 0 saturated heterocycles. The Morgan fingerprint density at radius 2 is 1.74 bits per heavy atom. The van der Waals surface area contributed by atoms with Gasteiger partial charge in [-0.05, 0) is 54.6 Å². The van der Waals surface area contributed by atoms with E-state index in [-0.39, 0.29) is 11.3 Å². The first-order valence-electron chi connectivity index (χ1n) is 8.98. The summed E-state index contributed by atoms with van der Waals surface area (Å²) in [4.78, 5) is 13.3. The number of thioether (sulfide) groups is 1. The minimum atomic E-state index is -4.91. The number of hydrogen-bond donors (Lipinski definition) is 0. The first kappa shape index (κ1) is 22.9. The second-order valence-corrected chi connectivity index (χ2v) is 7.62. The Kier molecular flexibility index (Phi) is 7.07. The molecule has 0 amide bonds. The first-order valence-corrected chi connectivity index (χ1v) is 10.6. The lowest BCUT2D eigenvalue weighted by Gasteiger charge is -2.21. The zero-order valence-electron chi connectivity index (χ0n) is 16.4. The number of ether oxygens (including phenoxy) is 2. The van der Waals surface area contributed by atoms with Crippen LogP contribution in [0.5, 0.6) is 5.75 Å². The molecule has 0 aliphatic carbocycles. The molecule has 2 aromatic carbocycles. The van der Waals surface area contributed by atoms with E-state index in [1.165, 1.54) is 30.8 Å². The van der Waals surface area contributed by atoms with Crippen molar-refractivity contribution in [3.8, 4) is 16.9 Å². The standard InChI is InChI=1S/C22H17F3O4S2/c1-13-17(14-8-10-16(31-2)11-9-14)12-18(28-20(13)26)19(22(23,24)25)29-21(30)27-15-6-4-3-5-7-15/h3-12,19H,1-2H3. The summed E-state index contributed by atoms with van der Waals surface area (Å²) >= 11 is 6.35. The maximum Gasteiger partial charge on any atom is 0.433 e. The quantitative estimate of drug-likeness (QED) is 0.324. The molecular formula is C22H17F3O4S2. The van der Waals surface area contributed by atoms with E-state index in [0.717, 1.165) is 11.0 Å². The van der Waals surface area contributed by atoms with Crippen LogP contribution in [0, 0.1) is 6.92 Å². The average Bonchev–Trinajstić information content (AvgIpc) is 2.74. The van der Waals surface area contributed by atoms with Gasteiger partial charge in [0.2, 0.25) is 0 Å². The van der Waals surface area contributed by atoms with Gasteiger partial charge in [0.15, 0.2) is 5.76 Å². The fraction of sp³-hybridized carbons (Fsp3) is 0.182. The van der Waals surface area contributed by atoms with Crippen LogP contribution >= 0.6 is 24.0 Å². The second kappa shape index (κ2) is 9.57. The lowest BCUT2D eigenvalue weighted by molar-refractivity contribution is -0.209. The Balaban J connectivity index is 1.96. The number of para-hydroxylation sites is 1. The van der Waals surface area contributed by atoms with Gasteiger partial charge in [0.05, 0.1) is 0 Å². The molecule has 9 heteroatoms. The molecule has 0 aliphatic rings. The summed E-state index contributed by atoms with van der Waals surface area (Å²) < 4.78 is 56.2. The third-order valence-corrected chi connectivity index (χ3v) is 5.25. The van der Waals surface area contributed by atoms with Crippen LogP contribution in [0.3, 0.4) is 0 Å². The molecule has 0 spiro atoms. The number of benzene rings is 2. The fourth-order valence-corrected chi connectivity index (χ4v) is 3.37. The van der Waals surface area contributed by atoms with Crippen LogP contribution in [0.15, 0.2) is 74.8 Å². The van der Waals surface area contributed by atoms with E-state index in [1.807, 2.05) is 18.4 Å². The van der Waals surface area contributed by atoms with Crippen LogP contribution < -0.4 is 10.4 Å². The Labute approximate surface area is 186 Å². The van der Waals surface area contributed by atoms with E-state index < -0.39 is 28.9 Å². The number of alkyl halides is 3. The molecule has 162 valence electrons. The largest absolute Gasteiger partial charge is 0.435 e. The molecule has 3 rings (SSSR count). The van der Waals surface area contributed by atoms with Gasteiger partial charge in [-0.1, -0.05) is 30.3 Å². The Bertz CT molecular complexity index is 1110. The summed E-state index contributed by atoms with van der Waals surface area (Å²) in [6.07, 6.45) is -5.61. The Hall–Kier alpha value is -2.78. The van der Waals surface area contributed by atoms with Gasteiger partial charge in [-0.15, -0.1) is 11.8 Å². The summed E-state index contributed by atoms with van der Waals surface area (Å²) in [5.74, 6) is -0.501. The lowest BCUT2D eigenvalue weighted by atomic mass is 10.0. The normalized spacial score (nSPS) is 12.3.